The van der Waals surface area contributed by atoms with Crippen LogP contribution in [0.5, 0.6) is 0 Å². The van der Waals surface area contributed by atoms with Crippen LogP contribution in [0, 0.1) is 13.8 Å². The maximum atomic E-state index is 13.6. The molecule has 0 bridgehead atoms. The zero-order chi connectivity index (χ0) is 19.7. The molecule has 0 radical (unpaired) electrons. The molecule has 28 heavy (non-hydrogen) atoms. The molecule has 3 aromatic carbocycles. The van der Waals surface area contributed by atoms with E-state index in [1.165, 1.54) is 0 Å². The van der Waals surface area contributed by atoms with Gasteiger partial charge in [0.15, 0.2) is 0 Å². The summed E-state index contributed by atoms with van der Waals surface area (Å²) in [6.07, 6.45) is 0. The van der Waals surface area contributed by atoms with Gasteiger partial charge in [-0.1, -0.05) is 66.2 Å². The zero-order valence-corrected chi connectivity index (χ0v) is 16.0. The first-order valence-electron chi connectivity index (χ1n) is 9.37. The van der Waals surface area contributed by atoms with Gasteiger partial charge >= 0.3 is 0 Å². The van der Waals surface area contributed by atoms with Gasteiger partial charge in [0.1, 0.15) is 12.6 Å². The number of amides is 2. The van der Waals surface area contributed by atoms with Crippen LogP contribution >= 0.6 is 0 Å². The van der Waals surface area contributed by atoms with Crippen molar-refractivity contribution in [2.24, 2.45) is 0 Å². The van der Waals surface area contributed by atoms with Crippen LogP contribution in [0.1, 0.15) is 22.7 Å². The number of hydrogen-bond acceptors (Lipinski definition) is 2. The van der Waals surface area contributed by atoms with E-state index in [1.807, 2.05) is 92.7 Å². The van der Waals surface area contributed by atoms with Crippen molar-refractivity contribution in [2.75, 3.05) is 16.3 Å². The second-order valence-corrected chi connectivity index (χ2v) is 7.12. The number of anilines is 2. The highest BCUT2D eigenvalue weighted by Gasteiger charge is 2.42. The van der Waals surface area contributed by atoms with Crippen molar-refractivity contribution in [1.82, 2.24) is 0 Å². The number of carbonyl (C=O) groups is 2. The van der Waals surface area contributed by atoms with Crippen molar-refractivity contribution in [3.8, 4) is 0 Å². The van der Waals surface area contributed by atoms with Crippen LogP contribution in [-0.4, -0.2) is 18.4 Å². The number of para-hydroxylation sites is 1. The van der Waals surface area contributed by atoms with E-state index in [9.17, 15) is 9.59 Å². The number of nitrogens with zero attached hydrogens (tertiary/aromatic N) is 2. The van der Waals surface area contributed by atoms with Gasteiger partial charge in [-0.3, -0.25) is 14.5 Å². The second-order valence-electron chi connectivity index (χ2n) is 7.12. The highest BCUT2D eigenvalue weighted by Crippen LogP contribution is 2.35. The fourth-order valence-corrected chi connectivity index (χ4v) is 3.69. The number of hydrogen-bond donors (Lipinski definition) is 0. The summed E-state index contributed by atoms with van der Waals surface area (Å²) in [4.78, 5) is 30.1. The average Bonchev–Trinajstić information content (AvgIpc) is 2.71. The summed E-state index contributed by atoms with van der Waals surface area (Å²) in [5.74, 6) is -0.193. The van der Waals surface area contributed by atoms with Crippen LogP contribution in [0.3, 0.4) is 0 Å². The molecule has 0 saturated carbocycles. The lowest BCUT2D eigenvalue weighted by Gasteiger charge is -2.41. The molecule has 0 aromatic heterocycles. The Morgan fingerprint density at radius 3 is 2.11 bits per heavy atom. The second kappa shape index (κ2) is 7.31. The Hall–Kier alpha value is -3.40. The highest BCUT2D eigenvalue weighted by molar-refractivity contribution is 6.14. The molecule has 1 saturated heterocycles. The van der Waals surface area contributed by atoms with Crippen LogP contribution in [0.15, 0.2) is 78.9 Å². The smallest absolute Gasteiger partial charge is 0.255 e. The maximum Gasteiger partial charge on any atom is 0.255 e. The predicted molar refractivity (Wildman–Crippen MR) is 111 cm³/mol. The van der Waals surface area contributed by atoms with Crippen molar-refractivity contribution in [1.29, 1.82) is 0 Å². The number of benzene rings is 3. The monoisotopic (exact) mass is 370 g/mol. The van der Waals surface area contributed by atoms with E-state index in [0.717, 1.165) is 28.1 Å². The molecule has 1 aliphatic heterocycles. The fraction of sp³-hybridized carbons (Fsp3) is 0.167. The third-order valence-electron chi connectivity index (χ3n) is 5.15. The van der Waals surface area contributed by atoms with E-state index in [4.69, 9.17) is 0 Å². The molecule has 0 spiro atoms. The molecule has 1 fully saturated rings. The average molecular weight is 370 g/mol. The molecule has 4 nitrogen and oxygen atoms in total. The van der Waals surface area contributed by atoms with Crippen molar-refractivity contribution in [3.63, 3.8) is 0 Å². The molecule has 0 aliphatic carbocycles. The van der Waals surface area contributed by atoms with Crippen LogP contribution in [0.2, 0.25) is 0 Å². The summed E-state index contributed by atoms with van der Waals surface area (Å²) in [5.41, 5.74) is 4.41. The lowest BCUT2D eigenvalue weighted by Crippen LogP contribution is -2.56. The Labute approximate surface area is 165 Å². The molecule has 4 heteroatoms. The van der Waals surface area contributed by atoms with Gasteiger partial charge in [0.05, 0.1) is 0 Å². The molecule has 1 unspecified atom stereocenters. The van der Waals surface area contributed by atoms with E-state index >= 15 is 0 Å². The van der Waals surface area contributed by atoms with Crippen LogP contribution in [0.4, 0.5) is 11.4 Å². The Morgan fingerprint density at radius 1 is 0.786 bits per heavy atom. The van der Waals surface area contributed by atoms with Gasteiger partial charge in [-0.25, -0.2) is 0 Å². The Bertz CT molecular complexity index is 1010. The van der Waals surface area contributed by atoms with Crippen molar-refractivity contribution < 1.29 is 9.59 Å². The normalized spacial score (nSPS) is 17.1. The van der Waals surface area contributed by atoms with E-state index in [-0.39, 0.29) is 18.4 Å². The standard InChI is InChI=1S/C24H22N2O2/c1-17-12-14-20(15-13-17)26-22(27)16-25(21-11-7-6-8-18(21)2)24(28)23(26)19-9-4-3-5-10-19/h3-15,23H,16H2,1-2H3. The van der Waals surface area contributed by atoms with E-state index in [1.54, 1.807) is 9.80 Å². The minimum Gasteiger partial charge on any atom is -0.301 e. The van der Waals surface area contributed by atoms with Crippen molar-refractivity contribution in [3.05, 3.63) is 95.6 Å². The molecule has 4 rings (SSSR count). The quantitative estimate of drug-likeness (QED) is 0.685. The van der Waals surface area contributed by atoms with Gasteiger partial charge in [0.2, 0.25) is 5.91 Å². The van der Waals surface area contributed by atoms with Crippen LogP contribution < -0.4 is 9.80 Å². The fourth-order valence-electron chi connectivity index (χ4n) is 3.69. The van der Waals surface area contributed by atoms with Gasteiger partial charge in [-0.2, -0.15) is 0 Å². The van der Waals surface area contributed by atoms with E-state index in [0.29, 0.717) is 0 Å². The number of piperazine rings is 1. The van der Waals surface area contributed by atoms with E-state index in [2.05, 4.69) is 0 Å². The summed E-state index contributed by atoms with van der Waals surface area (Å²) in [6, 6.07) is 24.2. The van der Waals surface area contributed by atoms with Gasteiger partial charge in [-0.15, -0.1) is 0 Å². The summed E-state index contributed by atoms with van der Waals surface area (Å²) in [5, 5.41) is 0. The summed E-state index contributed by atoms with van der Waals surface area (Å²) >= 11 is 0. The topological polar surface area (TPSA) is 40.6 Å². The molecule has 1 atom stereocenters. The molecule has 3 aromatic rings. The third-order valence-corrected chi connectivity index (χ3v) is 5.15. The van der Waals surface area contributed by atoms with Gasteiger partial charge in [0, 0.05) is 11.4 Å². The highest BCUT2D eigenvalue weighted by atomic mass is 16.2. The molecule has 1 aliphatic rings. The third kappa shape index (κ3) is 3.18. The lowest BCUT2D eigenvalue weighted by molar-refractivity contribution is -0.128. The maximum absolute atomic E-state index is 13.6. The van der Waals surface area contributed by atoms with Gasteiger partial charge in [-0.05, 0) is 43.2 Å². The van der Waals surface area contributed by atoms with Gasteiger partial charge in [0.25, 0.3) is 5.91 Å². The minimum atomic E-state index is -0.690. The Morgan fingerprint density at radius 2 is 1.43 bits per heavy atom. The first kappa shape index (κ1) is 18.0. The number of aryl methyl sites for hydroxylation is 2. The molecule has 0 N–H and O–H groups in total. The van der Waals surface area contributed by atoms with Gasteiger partial charge < -0.3 is 4.90 Å². The largest absolute Gasteiger partial charge is 0.301 e. The lowest BCUT2D eigenvalue weighted by atomic mass is 9.98. The summed E-state index contributed by atoms with van der Waals surface area (Å²) < 4.78 is 0. The molecular formula is C24H22N2O2. The molecule has 140 valence electrons. The molecular weight excluding hydrogens is 348 g/mol. The number of rotatable bonds is 3. The summed E-state index contributed by atoms with van der Waals surface area (Å²) in [6.45, 7) is 3.99. The van der Waals surface area contributed by atoms with E-state index < -0.39 is 6.04 Å². The van der Waals surface area contributed by atoms with Crippen molar-refractivity contribution in [2.45, 2.75) is 19.9 Å². The minimum absolute atomic E-state index is 0.0287. The van der Waals surface area contributed by atoms with Crippen molar-refractivity contribution >= 4 is 23.2 Å². The predicted octanol–water partition coefficient (Wildman–Crippen LogP) is 4.42. The molecule has 2 amide bonds. The first-order valence-corrected chi connectivity index (χ1v) is 9.37. The molecule has 1 heterocycles. The Balaban J connectivity index is 1.82. The zero-order valence-electron chi connectivity index (χ0n) is 16.0. The van der Waals surface area contributed by atoms with Crippen LogP contribution in [-0.2, 0) is 9.59 Å². The first-order chi connectivity index (χ1) is 13.6. The Kier molecular flexibility index (Phi) is 4.70. The van der Waals surface area contributed by atoms with Crippen LogP contribution in [0.25, 0.3) is 0 Å². The number of carbonyl (C=O) groups excluding carboxylic acids is 2. The SMILES string of the molecule is Cc1ccc(N2C(=O)CN(c3ccccc3C)C(=O)C2c2ccccc2)cc1. The summed E-state index contributed by atoms with van der Waals surface area (Å²) in [7, 11) is 0.